The van der Waals surface area contributed by atoms with Gasteiger partial charge in [-0.05, 0) is 53.9 Å². The van der Waals surface area contributed by atoms with Crippen molar-refractivity contribution >= 4 is 34.8 Å². The van der Waals surface area contributed by atoms with Gasteiger partial charge in [-0.3, -0.25) is 0 Å². The first kappa shape index (κ1) is 17.5. The minimum atomic E-state index is -0.241. The number of benzene rings is 3. The molecule has 3 aromatic rings. The van der Waals surface area contributed by atoms with Crippen LogP contribution < -0.4 is 0 Å². The fourth-order valence-electron chi connectivity index (χ4n) is 2.18. The minimum Gasteiger partial charge on any atom is -0.248 e. The first-order chi connectivity index (χ1) is 12.2. The molecule has 3 aromatic carbocycles. The van der Waals surface area contributed by atoms with Crippen molar-refractivity contribution < 1.29 is 4.39 Å². The first-order valence-corrected chi connectivity index (χ1v) is 8.95. The molecule has 124 valence electrons. The van der Waals surface area contributed by atoms with Crippen molar-refractivity contribution in [3.05, 3.63) is 107 Å². The van der Waals surface area contributed by atoms with Crippen molar-refractivity contribution in [2.24, 2.45) is 4.99 Å². The van der Waals surface area contributed by atoms with Gasteiger partial charge in [0.25, 0.3) is 0 Å². The van der Waals surface area contributed by atoms with Crippen LogP contribution in [0, 0.1) is 5.82 Å². The second-order valence-electron chi connectivity index (χ2n) is 5.22. The lowest BCUT2D eigenvalue weighted by Crippen LogP contribution is -1.95. The van der Waals surface area contributed by atoms with Crippen LogP contribution in [0.5, 0.6) is 0 Å². The highest BCUT2D eigenvalue weighted by molar-refractivity contribution is 8.02. The lowest BCUT2D eigenvalue weighted by atomic mass is 10.1. The zero-order chi connectivity index (χ0) is 17.5. The molecule has 0 spiro atoms. The Bertz CT molecular complexity index is 889. The van der Waals surface area contributed by atoms with Crippen LogP contribution in [0.4, 0.5) is 10.1 Å². The molecule has 0 fully saturated rings. The number of para-hydroxylation sites is 1. The summed E-state index contributed by atoms with van der Waals surface area (Å²) in [6, 6.07) is 23.8. The summed E-state index contributed by atoms with van der Waals surface area (Å²) >= 11 is 7.42. The standard InChI is InChI=1S/C21H15ClFNS/c22-17-11-9-16(10-12-17)21(24-19-6-2-1-3-7-19)13-14-25-20-8-4-5-18(23)15-20/h1-15H. The van der Waals surface area contributed by atoms with E-state index in [1.54, 1.807) is 6.07 Å². The number of nitrogens with zero attached hydrogens (tertiary/aromatic N) is 1. The van der Waals surface area contributed by atoms with E-state index >= 15 is 0 Å². The molecule has 1 nitrogen and oxygen atoms in total. The fraction of sp³-hybridized carbons (Fsp3) is 0. The average molecular weight is 368 g/mol. The van der Waals surface area contributed by atoms with Gasteiger partial charge in [-0.2, -0.15) is 0 Å². The fourth-order valence-corrected chi connectivity index (χ4v) is 3.00. The highest BCUT2D eigenvalue weighted by Gasteiger charge is 2.01. The van der Waals surface area contributed by atoms with Gasteiger partial charge in [-0.25, -0.2) is 9.38 Å². The molecule has 25 heavy (non-hydrogen) atoms. The molecule has 0 saturated heterocycles. The molecule has 0 saturated carbocycles. The Kier molecular flexibility index (Phi) is 6.04. The summed E-state index contributed by atoms with van der Waals surface area (Å²) in [6.45, 7) is 0. The van der Waals surface area contributed by atoms with Gasteiger partial charge in [0, 0.05) is 15.5 Å². The maximum Gasteiger partial charge on any atom is 0.124 e. The zero-order valence-corrected chi connectivity index (χ0v) is 14.8. The third kappa shape index (κ3) is 5.31. The molecule has 3 rings (SSSR count). The summed E-state index contributed by atoms with van der Waals surface area (Å²) in [7, 11) is 0. The van der Waals surface area contributed by atoms with Gasteiger partial charge in [0.15, 0.2) is 0 Å². The van der Waals surface area contributed by atoms with Gasteiger partial charge in [-0.15, -0.1) is 0 Å². The lowest BCUT2D eigenvalue weighted by molar-refractivity contribution is 0.624. The quantitative estimate of drug-likeness (QED) is 0.352. The average Bonchev–Trinajstić information content (AvgIpc) is 2.63. The largest absolute Gasteiger partial charge is 0.248 e. The van der Waals surface area contributed by atoms with Crippen LogP contribution in [-0.2, 0) is 0 Å². The van der Waals surface area contributed by atoms with Crippen LogP contribution in [0.15, 0.2) is 100 Å². The van der Waals surface area contributed by atoms with E-state index in [9.17, 15) is 4.39 Å². The number of halogens is 2. The van der Waals surface area contributed by atoms with E-state index in [0.29, 0.717) is 5.02 Å². The number of aliphatic imine (C=N–C) groups is 1. The van der Waals surface area contributed by atoms with E-state index in [0.717, 1.165) is 21.9 Å². The van der Waals surface area contributed by atoms with Crippen molar-refractivity contribution in [1.29, 1.82) is 0 Å². The molecule has 0 aliphatic heterocycles. The zero-order valence-electron chi connectivity index (χ0n) is 13.3. The predicted molar refractivity (Wildman–Crippen MR) is 105 cm³/mol. The summed E-state index contributed by atoms with van der Waals surface area (Å²) in [4.78, 5) is 5.55. The van der Waals surface area contributed by atoms with E-state index < -0.39 is 0 Å². The van der Waals surface area contributed by atoms with Crippen molar-refractivity contribution in [2.75, 3.05) is 0 Å². The van der Waals surface area contributed by atoms with Crippen LogP contribution in [0.2, 0.25) is 5.02 Å². The van der Waals surface area contributed by atoms with Crippen LogP contribution in [0.1, 0.15) is 5.56 Å². The minimum absolute atomic E-state index is 0.241. The summed E-state index contributed by atoms with van der Waals surface area (Å²) in [6.07, 6.45) is 1.92. The Morgan fingerprint density at radius 1 is 0.920 bits per heavy atom. The smallest absolute Gasteiger partial charge is 0.124 e. The van der Waals surface area contributed by atoms with E-state index in [4.69, 9.17) is 16.6 Å². The summed E-state index contributed by atoms with van der Waals surface area (Å²) in [5.74, 6) is -0.241. The Labute approximate surface area is 155 Å². The van der Waals surface area contributed by atoms with Gasteiger partial charge >= 0.3 is 0 Å². The molecule has 0 aliphatic rings. The Balaban J connectivity index is 1.87. The second-order valence-corrected chi connectivity index (χ2v) is 6.63. The number of thioether (sulfide) groups is 1. The molecule has 4 heteroatoms. The van der Waals surface area contributed by atoms with Gasteiger partial charge in [0.2, 0.25) is 0 Å². The highest BCUT2D eigenvalue weighted by atomic mass is 35.5. The van der Waals surface area contributed by atoms with Crippen molar-refractivity contribution in [2.45, 2.75) is 4.90 Å². The maximum absolute atomic E-state index is 13.3. The topological polar surface area (TPSA) is 12.4 Å². The molecule has 0 atom stereocenters. The Hall–Kier alpha value is -2.36. The molecule has 0 unspecified atom stereocenters. The number of rotatable bonds is 5. The number of allylic oxidation sites excluding steroid dienone is 1. The van der Waals surface area contributed by atoms with Gasteiger partial charge < -0.3 is 0 Å². The van der Waals surface area contributed by atoms with Crippen molar-refractivity contribution in [3.63, 3.8) is 0 Å². The molecule has 0 radical (unpaired) electrons. The molecule has 0 heterocycles. The lowest BCUT2D eigenvalue weighted by Gasteiger charge is -2.03. The summed E-state index contributed by atoms with van der Waals surface area (Å²) in [5.41, 5.74) is 2.64. The van der Waals surface area contributed by atoms with Crippen molar-refractivity contribution in [3.8, 4) is 0 Å². The van der Waals surface area contributed by atoms with Gasteiger partial charge in [0.05, 0.1) is 11.4 Å². The van der Waals surface area contributed by atoms with Gasteiger partial charge in [-0.1, -0.05) is 59.8 Å². The maximum atomic E-state index is 13.3. The van der Waals surface area contributed by atoms with Gasteiger partial charge in [0.1, 0.15) is 5.82 Å². The summed E-state index contributed by atoms with van der Waals surface area (Å²) in [5, 5.41) is 2.59. The van der Waals surface area contributed by atoms with E-state index in [1.807, 2.05) is 72.1 Å². The normalized spacial score (nSPS) is 11.8. The van der Waals surface area contributed by atoms with E-state index in [-0.39, 0.29) is 5.82 Å². The number of hydrogen-bond donors (Lipinski definition) is 0. The summed E-state index contributed by atoms with van der Waals surface area (Å²) < 4.78 is 13.3. The first-order valence-electron chi connectivity index (χ1n) is 7.69. The SMILES string of the molecule is Fc1cccc(SC=CC(=Nc2ccccc2)c2ccc(Cl)cc2)c1. The van der Waals surface area contributed by atoms with E-state index in [1.165, 1.54) is 23.9 Å². The van der Waals surface area contributed by atoms with Crippen LogP contribution in [-0.4, -0.2) is 5.71 Å². The number of hydrogen-bond acceptors (Lipinski definition) is 2. The molecule has 0 bridgehead atoms. The van der Waals surface area contributed by atoms with E-state index in [2.05, 4.69) is 0 Å². The molecule has 0 aromatic heterocycles. The second kappa shape index (κ2) is 8.65. The Morgan fingerprint density at radius 3 is 2.40 bits per heavy atom. The molecule has 0 amide bonds. The molecular weight excluding hydrogens is 353 g/mol. The third-order valence-electron chi connectivity index (χ3n) is 3.37. The van der Waals surface area contributed by atoms with Crippen LogP contribution >= 0.6 is 23.4 Å². The molecule has 0 aliphatic carbocycles. The molecule has 0 N–H and O–H groups in total. The monoisotopic (exact) mass is 367 g/mol. The predicted octanol–water partition coefficient (Wildman–Crippen LogP) is 6.91. The third-order valence-corrected chi connectivity index (χ3v) is 4.42. The Morgan fingerprint density at radius 2 is 1.68 bits per heavy atom. The molecular formula is C21H15ClFNS. The van der Waals surface area contributed by atoms with Crippen LogP contribution in [0.3, 0.4) is 0 Å². The highest BCUT2D eigenvalue weighted by Crippen LogP contribution is 2.21. The van der Waals surface area contributed by atoms with Crippen LogP contribution in [0.25, 0.3) is 0 Å². The van der Waals surface area contributed by atoms with Crippen molar-refractivity contribution in [1.82, 2.24) is 0 Å².